The maximum atomic E-state index is 5.16. The fourth-order valence-corrected chi connectivity index (χ4v) is 3.19. The summed E-state index contributed by atoms with van der Waals surface area (Å²) < 4.78 is 7.16. The van der Waals surface area contributed by atoms with E-state index >= 15 is 0 Å². The zero-order chi connectivity index (χ0) is 18.9. The Hall–Kier alpha value is -1.69. The van der Waals surface area contributed by atoms with Gasteiger partial charge in [0.25, 0.3) is 0 Å². The molecular weight excluding hydrogens is 471 g/mol. The van der Waals surface area contributed by atoms with Crippen molar-refractivity contribution >= 4 is 29.9 Å². The second-order valence-electron chi connectivity index (χ2n) is 6.83. The largest absolute Gasteiger partial charge is 0.361 e. The highest BCUT2D eigenvalue weighted by molar-refractivity contribution is 14.0. The molecular formula is C18H31IN8O. The average molecular weight is 502 g/mol. The van der Waals surface area contributed by atoms with Crippen LogP contribution in [0.3, 0.4) is 0 Å². The summed E-state index contributed by atoms with van der Waals surface area (Å²) in [6.07, 6.45) is 5.64. The van der Waals surface area contributed by atoms with Crippen LogP contribution in [-0.2, 0) is 13.1 Å². The van der Waals surface area contributed by atoms with E-state index in [-0.39, 0.29) is 24.0 Å². The van der Waals surface area contributed by atoms with Crippen LogP contribution in [0.25, 0.3) is 0 Å². The van der Waals surface area contributed by atoms with Crippen LogP contribution in [0.4, 0.5) is 0 Å². The van der Waals surface area contributed by atoms with Crippen molar-refractivity contribution in [1.82, 2.24) is 35.0 Å². The maximum absolute atomic E-state index is 5.16. The van der Waals surface area contributed by atoms with Crippen LogP contribution in [0.5, 0.6) is 0 Å². The minimum absolute atomic E-state index is 0. The van der Waals surface area contributed by atoms with Gasteiger partial charge in [-0.05, 0) is 26.7 Å². The Kier molecular flexibility index (Phi) is 9.68. The Morgan fingerprint density at radius 1 is 1.18 bits per heavy atom. The molecule has 1 aliphatic heterocycles. The van der Waals surface area contributed by atoms with E-state index in [0.717, 1.165) is 82.6 Å². The van der Waals surface area contributed by atoms with Crippen LogP contribution >= 0.6 is 24.0 Å². The zero-order valence-electron chi connectivity index (χ0n) is 16.8. The van der Waals surface area contributed by atoms with E-state index in [9.17, 15) is 0 Å². The molecule has 0 saturated carbocycles. The summed E-state index contributed by atoms with van der Waals surface area (Å²) in [5.74, 6) is 1.90. The predicted octanol–water partition coefficient (Wildman–Crippen LogP) is 1.76. The highest BCUT2D eigenvalue weighted by Crippen LogP contribution is 2.09. The van der Waals surface area contributed by atoms with Crippen LogP contribution in [0.1, 0.15) is 31.2 Å². The molecule has 0 unspecified atom stereocenters. The van der Waals surface area contributed by atoms with Gasteiger partial charge in [0.05, 0.1) is 5.69 Å². The van der Waals surface area contributed by atoms with Gasteiger partial charge in [-0.2, -0.15) is 0 Å². The molecule has 0 spiro atoms. The van der Waals surface area contributed by atoms with Crippen molar-refractivity contribution in [3.63, 3.8) is 0 Å². The van der Waals surface area contributed by atoms with Crippen LogP contribution in [0, 0.1) is 6.92 Å². The fourth-order valence-electron chi connectivity index (χ4n) is 3.19. The number of rotatable bonds is 8. The summed E-state index contributed by atoms with van der Waals surface area (Å²) in [7, 11) is 0. The molecule has 1 saturated heterocycles. The quantitative estimate of drug-likeness (QED) is 0.255. The topological polar surface area (TPSA) is 87.6 Å². The van der Waals surface area contributed by atoms with Gasteiger partial charge in [-0.1, -0.05) is 5.16 Å². The number of hydrogen-bond donors (Lipinski definition) is 1. The van der Waals surface area contributed by atoms with Gasteiger partial charge in [0, 0.05) is 58.4 Å². The first-order valence-corrected chi connectivity index (χ1v) is 9.75. The van der Waals surface area contributed by atoms with E-state index in [1.165, 1.54) is 0 Å². The lowest BCUT2D eigenvalue weighted by molar-refractivity contribution is 0.169. The lowest BCUT2D eigenvalue weighted by atomic mass is 10.3. The fraction of sp³-hybridized carbons (Fsp3) is 0.667. The summed E-state index contributed by atoms with van der Waals surface area (Å²) in [5.41, 5.74) is 1.01. The number of piperazine rings is 1. The molecule has 0 radical (unpaired) electrons. The predicted molar refractivity (Wildman–Crippen MR) is 119 cm³/mol. The zero-order valence-corrected chi connectivity index (χ0v) is 19.1. The number of halogens is 1. The second-order valence-corrected chi connectivity index (χ2v) is 6.83. The first-order valence-electron chi connectivity index (χ1n) is 9.75. The molecule has 3 rings (SSSR count). The van der Waals surface area contributed by atoms with Crippen molar-refractivity contribution in [3.8, 4) is 0 Å². The third kappa shape index (κ3) is 7.04. The number of aryl methyl sites for hydroxylation is 2. The van der Waals surface area contributed by atoms with Gasteiger partial charge in [0.2, 0.25) is 0 Å². The lowest BCUT2D eigenvalue weighted by Crippen LogP contribution is -2.52. The number of guanidine groups is 1. The van der Waals surface area contributed by atoms with Crippen LogP contribution in [-0.4, -0.2) is 74.9 Å². The molecule has 2 aromatic heterocycles. The summed E-state index contributed by atoms with van der Waals surface area (Å²) in [6, 6.07) is 2.01. The average Bonchev–Trinajstić information content (AvgIpc) is 3.33. The monoisotopic (exact) mass is 502 g/mol. The summed E-state index contributed by atoms with van der Waals surface area (Å²) in [6.45, 7) is 11.5. The minimum Gasteiger partial charge on any atom is -0.361 e. The van der Waals surface area contributed by atoms with Crippen molar-refractivity contribution in [2.24, 2.45) is 4.99 Å². The molecule has 0 aliphatic carbocycles. The van der Waals surface area contributed by atoms with Gasteiger partial charge in [-0.15, -0.1) is 34.2 Å². The van der Waals surface area contributed by atoms with Crippen LogP contribution in [0.15, 0.2) is 28.2 Å². The molecule has 0 amide bonds. The van der Waals surface area contributed by atoms with E-state index in [1.54, 1.807) is 12.7 Å². The Labute approximate surface area is 183 Å². The second kappa shape index (κ2) is 12.0. The molecule has 1 N–H and O–H groups in total. The maximum Gasteiger partial charge on any atom is 0.194 e. The van der Waals surface area contributed by atoms with Gasteiger partial charge in [0.1, 0.15) is 18.4 Å². The summed E-state index contributed by atoms with van der Waals surface area (Å²) >= 11 is 0. The number of hydrogen-bond acceptors (Lipinski definition) is 6. The van der Waals surface area contributed by atoms with E-state index in [1.807, 2.05) is 17.6 Å². The van der Waals surface area contributed by atoms with E-state index < -0.39 is 0 Å². The van der Waals surface area contributed by atoms with Crippen molar-refractivity contribution in [2.45, 2.75) is 39.8 Å². The molecule has 1 aliphatic rings. The Bertz CT molecular complexity index is 694. The number of aliphatic imine (C=N–C) groups is 1. The summed E-state index contributed by atoms with van der Waals surface area (Å²) in [4.78, 5) is 9.58. The van der Waals surface area contributed by atoms with Gasteiger partial charge in [-0.25, -0.2) is 0 Å². The van der Waals surface area contributed by atoms with E-state index in [4.69, 9.17) is 9.52 Å². The molecule has 3 heterocycles. The normalized spacial score (nSPS) is 15.5. The van der Waals surface area contributed by atoms with Gasteiger partial charge >= 0.3 is 0 Å². The molecule has 156 valence electrons. The van der Waals surface area contributed by atoms with Crippen molar-refractivity contribution in [2.75, 3.05) is 39.3 Å². The molecule has 2 aromatic rings. The first kappa shape index (κ1) is 22.6. The van der Waals surface area contributed by atoms with Crippen molar-refractivity contribution in [3.05, 3.63) is 30.2 Å². The molecule has 0 aromatic carbocycles. The molecule has 10 heteroatoms. The number of nitrogens with one attached hydrogen (secondary N) is 1. The first-order chi connectivity index (χ1) is 13.2. The number of aromatic nitrogens is 4. The third-order valence-corrected chi connectivity index (χ3v) is 4.62. The highest BCUT2D eigenvalue weighted by atomic mass is 127. The lowest BCUT2D eigenvalue weighted by Gasteiger charge is -2.36. The van der Waals surface area contributed by atoms with Crippen LogP contribution < -0.4 is 5.32 Å². The Morgan fingerprint density at radius 3 is 2.57 bits per heavy atom. The Morgan fingerprint density at radius 2 is 1.93 bits per heavy atom. The van der Waals surface area contributed by atoms with Gasteiger partial charge in [-0.3, -0.25) is 9.89 Å². The van der Waals surface area contributed by atoms with E-state index in [0.29, 0.717) is 0 Å². The smallest absolute Gasteiger partial charge is 0.194 e. The minimum atomic E-state index is 0. The SMILES string of the molecule is CCNC(=NCCCCn1cnnc1)N1CCN(Cc2cc(C)on2)CC1.I. The van der Waals surface area contributed by atoms with Crippen molar-refractivity contribution < 1.29 is 4.52 Å². The van der Waals surface area contributed by atoms with E-state index in [2.05, 4.69) is 37.4 Å². The third-order valence-electron chi connectivity index (χ3n) is 4.62. The van der Waals surface area contributed by atoms with Gasteiger partial charge in [0.15, 0.2) is 5.96 Å². The number of nitrogens with zero attached hydrogens (tertiary/aromatic N) is 7. The molecule has 9 nitrogen and oxygen atoms in total. The molecule has 0 atom stereocenters. The van der Waals surface area contributed by atoms with Crippen molar-refractivity contribution in [1.29, 1.82) is 0 Å². The standard InChI is InChI=1S/C18H30N8O.HI/c1-3-19-18(20-6-4-5-7-25-14-21-22-15-25)26-10-8-24(9-11-26)13-17-12-16(2)27-23-17;/h12,14-15H,3-11,13H2,1-2H3,(H,19,20);1H. The van der Waals surface area contributed by atoms with Gasteiger partial charge < -0.3 is 19.3 Å². The number of unbranched alkanes of at least 4 members (excludes halogenated alkanes) is 1. The molecule has 0 bridgehead atoms. The Balaban J connectivity index is 0.00000280. The molecule has 1 fully saturated rings. The van der Waals surface area contributed by atoms with Crippen LogP contribution in [0.2, 0.25) is 0 Å². The summed E-state index contributed by atoms with van der Waals surface area (Å²) in [5, 5.41) is 15.2. The molecule has 28 heavy (non-hydrogen) atoms. The highest BCUT2D eigenvalue weighted by Gasteiger charge is 2.20.